The van der Waals surface area contributed by atoms with Gasteiger partial charge in [-0.25, -0.2) is 9.78 Å². The lowest BCUT2D eigenvalue weighted by molar-refractivity contribution is -0.125. The lowest BCUT2D eigenvalue weighted by Gasteiger charge is -2.22. The summed E-state index contributed by atoms with van der Waals surface area (Å²) in [5.41, 5.74) is 6.87. The fourth-order valence-corrected chi connectivity index (χ4v) is 2.36. The second-order valence-corrected chi connectivity index (χ2v) is 6.28. The third kappa shape index (κ3) is 3.17. The average Bonchev–Trinajstić information content (AvgIpc) is 2.80. The van der Waals surface area contributed by atoms with Gasteiger partial charge in [0.15, 0.2) is 5.65 Å². The summed E-state index contributed by atoms with van der Waals surface area (Å²) in [6.07, 6.45) is 1.46. The van der Waals surface area contributed by atoms with Crippen molar-refractivity contribution in [2.24, 2.45) is 18.2 Å². The minimum Gasteiger partial charge on any atom is -0.462 e. The van der Waals surface area contributed by atoms with E-state index in [1.165, 1.54) is 6.20 Å². The minimum absolute atomic E-state index is 0.259. The fourth-order valence-electron chi connectivity index (χ4n) is 2.36. The number of esters is 1. The third-order valence-corrected chi connectivity index (χ3v) is 3.90. The van der Waals surface area contributed by atoms with E-state index in [2.05, 4.69) is 15.4 Å². The minimum atomic E-state index is -0.780. The molecule has 0 bridgehead atoms. The Hall–Kier alpha value is -2.64. The molecule has 0 radical (unpaired) electrons. The number of primary amides is 1. The van der Waals surface area contributed by atoms with E-state index in [9.17, 15) is 9.59 Å². The molecule has 24 heavy (non-hydrogen) atoms. The van der Waals surface area contributed by atoms with Crippen molar-refractivity contribution >= 4 is 28.6 Å². The molecule has 0 aliphatic carbocycles. The summed E-state index contributed by atoms with van der Waals surface area (Å²) >= 11 is 0. The number of carbonyl (C=O) groups is 2. The van der Waals surface area contributed by atoms with E-state index < -0.39 is 17.3 Å². The number of hydrogen-bond acceptors (Lipinski definition) is 6. The summed E-state index contributed by atoms with van der Waals surface area (Å²) in [6, 6.07) is 0. The predicted molar refractivity (Wildman–Crippen MR) is 90.7 cm³/mol. The summed E-state index contributed by atoms with van der Waals surface area (Å²) in [5.74, 6) is -0.907. The number of aryl methyl sites for hydroxylation is 2. The van der Waals surface area contributed by atoms with Crippen LogP contribution in [0.3, 0.4) is 0 Å². The molecular formula is C16H23N5O3. The van der Waals surface area contributed by atoms with Gasteiger partial charge in [0.2, 0.25) is 5.91 Å². The van der Waals surface area contributed by atoms with Gasteiger partial charge >= 0.3 is 5.97 Å². The van der Waals surface area contributed by atoms with Crippen molar-refractivity contribution in [3.63, 3.8) is 0 Å². The maximum atomic E-state index is 12.3. The fraction of sp³-hybridized carbons (Fsp3) is 0.500. The predicted octanol–water partition coefficient (Wildman–Crippen LogP) is 1.38. The topological polar surface area (TPSA) is 112 Å². The molecule has 0 saturated heterocycles. The first-order chi connectivity index (χ1) is 11.2. The Bertz CT molecular complexity index is 795. The second-order valence-electron chi connectivity index (χ2n) is 6.28. The summed E-state index contributed by atoms with van der Waals surface area (Å²) in [6.45, 7) is 7.57. The maximum Gasteiger partial charge on any atom is 0.341 e. The van der Waals surface area contributed by atoms with Crippen LogP contribution in [-0.4, -0.2) is 39.8 Å². The molecule has 0 unspecified atom stereocenters. The molecule has 2 aromatic rings. The number of pyridine rings is 1. The first-order valence-corrected chi connectivity index (χ1v) is 7.72. The van der Waals surface area contributed by atoms with E-state index in [0.29, 0.717) is 16.9 Å². The van der Waals surface area contributed by atoms with Crippen molar-refractivity contribution in [2.75, 3.05) is 18.5 Å². The molecule has 2 aromatic heterocycles. The quantitative estimate of drug-likeness (QED) is 0.772. The van der Waals surface area contributed by atoms with Crippen LogP contribution in [0.25, 0.3) is 11.0 Å². The van der Waals surface area contributed by atoms with Gasteiger partial charge < -0.3 is 15.8 Å². The molecule has 0 aliphatic heterocycles. The van der Waals surface area contributed by atoms with E-state index >= 15 is 0 Å². The van der Waals surface area contributed by atoms with Crippen LogP contribution in [0.4, 0.5) is 5.69 Å². The van der Waals surface area contributed by atoms with Gasteiger partial charge in [0.05, 0.1) is 28.8 Å². The van der Waals surface area contributed by atoms with Gasteiger partial charge in [-0.1, -0.05) is 0 Å². The molecule has 2 rings (SSSR count). The second kappa shape index (κ2) is 6.46. The highest BCUT2D eigenvalue weighted by Gasteiger charge is 2.27. The van der Waals surface area contributed by atoms with Gasteiger partial charge in [-0.05, 0) is 27.7 Å². The molecule has 0 spiro atoms. The molecule has 0 aromatic carbocycles. The lowest BCUT2D eigenvalue weighted by Crippen LogP contribution is -2.37. The van der Waals surface area contributed by atoms with E-state index in [-0.39, 0.29) is 13.2 Å². The van der Waals surface area contributed by atoms with Gasteiger partial charge in [-0.3, -0.25) is 9.48 Å². The molecule has 0 saturated carbocycles. The molecule has 8 heteroatoms. The monoisotopic (exact) mass is 333 g/mol. The SMILES string of the molecule is CCOC(=O)c1cnc2c(c(C)nn2C)c1NCC(C)(C)C(N)=O. The Morgan fingerprint density at radius 3 is 2.67 bits per heavy atom. The number of ether oxygens (including phenoxy) is 1. The van der Waals surface area contributed by atoms with E-state index in [0.717, 1.165) is 11.1 Å². The Balaban J connectivity index is 2.55. The summed E-state index contributed by atoms with van der Waals surface area (Å²) in [5, 5.41) is 8.25. The van der Waals surface area contributed by atoms with Crippen LogP contribution in [0.5, 0.6) is 0 Å². The largest absolute Gasteiger partial charge is 0.462 e. The highest BCUT2D eigenvalue weighted by atomic mass is 16.5. The van der Waals surface area contributed by atoms with E-state index in [1.807, 2.05) is 6.92 Å². The summed E-state index contributed by atoms with van der Waals surface area (Å²) in [7, 11) is 1.78. The van der Waals surface area contributed by atoms with Crippen LogP contribution in [0.2, 0.25) is 0 Å². The normalized spacial score (nSPS) is 11.5. The first-order valence-electron chi connectivity index (χ1n) is 7.72. The molecule has 0 atom stereocenters. The Morgan fingerprint density at radius 2 is 2.08 bits per heavy atom. The van der Waals surface area contributed by atoms with E-state index in [4.69, 9.17) is 10.5 Å². The van der Waals surface area contributed by atoms with Crippen LogP contribution in [0, 0.1) is 12.3 Å². The number of rotatable bonds is 6. The van der Waals surface area contributed by atoms with E-state index in [1.54, 1.807) is 32.5 Å². The highest BCUT2D eigenvalue weighted by molar-refractivity contribution is 6.05. The summed E-state index contributed by atoms with van der Waals surface area (Å²) < 4.78 is 6.75. The van der Waals surface area contributed by atoms with Crippen molar-refractivity contribution in [2.45, 2.75) is 27.7 Å². The van der Waals surface area contributed by atoms with Gasteiger partial charge in [-0.15, -0.1) is 0 Å². The molecule has 130 valence electrons. The molecular weight excluding hydrogens is 310 g/mol. The molecule has 2 heterocycles. The zero-order valence-electron chi connectivity index (χ0n) is 14.6. The van der Waals surface area contributed by atoms with Crippen LogP contribution < -0.4 is 11.1 Å². The maximum absolute atomic E-state index is 12.3. The van der Waals surface area contributed by atoms with Crippen molar-refractivity contribution < 1.29 is 14.3 Å². The zero-order valence-corrected chi connectivity index (χ0v) is 14.6. The Labute approximate surface area is 140 Å². The third-order valence-electron chi connectivity index (χ3n) is 3.90. The Kier molecular flexibility index (Phi) is 4.77. The molecule has 8 nitrogen and oxygen atoms in total. The van der Waals surface area contributed by atoms with Crippen molar-refractivity contribution in [3.8, 4) is 0 Å². The number of fused-ring (bicyclic) bond motifs is 1. The summed E-state index contributed by atoms with van der Waals surface area (Å²) in [4.78, 5) is 28.1. The molecule has 0 fully saturated rings. The molecule has 3 N–H and O–H groups in total. The van der Waals surface area contributed by atoms with Crippen LogP contribution >= 0.6 is 0 Å². The van der Waals surface area contributed by atoms with Crippen LogP contribution in [-0.2, 0) is 16.6 Å². The van der Waals surface area contributed by atoms with Crippen molar-refractivity contribution in [1.29, 1.82) is 0 Å². The number of carbonyl (C=O) groups excluding carboxylic acids is 2. The number of nitrogens with two attached hydrogens (primary N) is 1. The Morgan fingerprint density at radius 1 is 1.42 bits per heavy atom. The zero-order chi connectivity index (χ0) is 18.1. The lowest BCUT2D eigenvalue weighted by atomic mass is 9.92. The van der Waals surface area contributed by atoms with Crippen molar-refractivity contribution in [1.82, 2.24) is 14.8 Å². The number of hydrogen-bond donors (Lipinski definition) is 2. The van der Waals surface area contributed by atoms with Gasteiger partial charge in [0.1, 0.15) is 5.56 Å². The van der Waals surface area contributed by atoms with Gasteiger partial charge in [0.25, 0.3) is 0 Å². The number of aromatic nitrogens is 3. The average molecular weight is 333 g/mol. The number of nitrogens with one attached hydrogen (secondary N) is 1. The van der Waals surface area contributed by atoms with Crippen LogP contribution in [0.1, 0.15) is 36.8 Å². The highest BCUT2D eigenvalue weighted by Crippen LogP contribution is 2.30. The number of amides is 1. The number of anilines is 1. The standard InChI is InChI=1S/C16H23N5O3/c1-6-24-14(22)10-7-18-13-11(9(2)20-21(13)5)12(10)19-8-16(3,4)15(17)23/h7H,6,8H2,1-5H3,(H2,17,23)(H,18,19). The first kappa shape index (κ1) is 17.7. The van der Waals surface area contributed by atoms with Gasteiger partial charge in [0, 0.05) is 19.8 Å². The smallest absolute Gasteiger partial charge is 0.341 e. The van der Waals surface area contributed by atoms with Gasteiger partial charge in [-0.2, -0.15) is 5.10 Å². The molecule has 0 aliphatic rings. The number of nitrogens with zero attached hydrogens (tertiary/aromatic N) is 3. The molecule has 1 amide bonds. The van der Waals surface area contributed by atoms with Crippen LogP contribution in [0.15, 0.2) is 6.20 Å². The van der Waals surface area contributed by atoms with Crippen molar-refractivity contribution in [3.05, 3.63) is 17.5 Å².